The first kappa shape index (κ1) is 14.3. The average molecular weight is 244 g/mol. The van der Waals surface area contributed by atoms with Crippen LogP contribution in [-0.2, 0) is 0 Å². The molecular weight excluding hydrogens is 216 g/mol. The van der Waals surface area contributed by atoms with E-state index in [0.29, 0.717) is 11.5 Å². The maximum atomic E-state index is 3.69. The fraction of sp³-hybridized carbons (Fsp3) is 1.00. The SMILES string of the molecule is CCNC1C(SCCN(C)C)CCC1(C)C. The predicted molar refractivity (Wildman–Crippen MR) is 75.3 cm³/mol. The molecule has 0 saturated heterocycles. The Balaban J connectivity index is 2.40. The van der Waals surface area contributed by atoms with Gasteiger partial charge in [0.25, 0.3) is 0 Å². The molecule has 2 atom stereocenters. The lowest BCUT2D eigenvalue weighted by Crippen LogP contribution is -2.43. The maximum absolute atomic E-state index is 3.69. The summed E-state index contributed by atoms with van der Waals surface area (Å²) in [5.41, 5.74) is 0.478. The van der Waals surface area contributed by atoms with E-state index >= 15 is 0 Å². The number of thioether (sulfide) groups is 1. The van der Waals surface area contributed by atoms with Gasteiger partial charge in [-0.25, -0.2) is 0 Å². The van der Waals surface area contributed by atoms with Gasteiger partial charge in [0, 0.05) is 23.6 Å². The molecule has 1 aliphatic carbocycles. The highest BCUT2D eigenvalue weighted by Gasteiger charge is 2.41. The Bertz CT molecular complexity index is 204. The molecule has 0 spiro atoms. The zero-order chi connectivity index (χ0) is 12.2. The number of rotatable bonds is 6. The third kappa shape index (κ3) is 3.94. The van der Waals surface area contributed by atoms with Crippen LogP contribution in [0.1, 0.15) is 33.6 Å². The van der Waals surface area contributed by atoms with Gasteiger partial charge >= 0.3 is 0 Å². The van der Waals surface area contributed by atoms with Crippen molar-refractivity contribution in [2.24, 2.45) is 5.41 Å². The molecule has 0 heterocycles. The van der Waals surface area contributed by atoms with Crippen LogP contribution in [0.15, 0.2) is 0 Å². The van der Waals surface area contributed by atoms with Crippen LogP contribution in [0.5, 0.6) is 0 Å². The summed E-state index contributed by atoms with van der Waals surface area (Å²) < 4.78 is 0. The Morgan fingerprint density at radius 3 is 2.62 bits per heavy atom. The van der Waals surface area contributed by atoms with Crippen LogP contribution in [0.3, 0.4) is 0 Å². The van der Waals surface area contributed by atoms with Crippen LogP contribution in [0.2, 0.25) is 0 Å². The van der Waals surface area contributed by atoms with E-state index in [1.54, 1.807) is 0 Å². The van der Waals surface area contributed by atoms with Gasteiger partial charge in [-0.1, -0.05) is 20.8 Å². The summed E-state index contributed by atoms with van der Waals surface area (Å²) in [6, 6.07) is 0.699. The predicted octanol–water partition coefficient (Wildman–Crippen LogP) is 2.45. The quantitative estimate of drug-likeness (QED) is 0.772. The van der Waals surface area contributed by atoms with Crippen LogP contribution in [-0.4, -0.2) is 49.1 Å². The van der Waals surface area contributed by atoms with Crippen molar-refractivity contribution in [3.63, 3.8) is 0 Å². The van der Waals surface area contributed by atoms with E-state index in [2.05, 4.69) is 56.8 Å². The van der Waals surface area contributed by atoms with Crippen LogP contribution < -0.4 is 5.32 Å². The highest BCUT2D eigenvalue weighted by atomic mass is 32.2. The molecule has 1 saturated carbocycles. The van der Waals surface area contributed by atoms with Gasteiger partial charge in [-0.2, -0.15) is 11.8 Å². The first-order valence-electron chi connectivity index (χ1n) is 6.47. The van der Waals surface area contributed by atoms with Crippen molar-refractivity contribution >= 4 is 11.8 Å². The normalized spacial score (nSPS) is 28.9. The Labute approximate surface area is 106 Å². The van der Waals surface area contributed by atoms with Crippen molar-refractivity contribution in [2.45, 2.75) is 44.9 Å². The lowest BCUT2D eigenvalue weighted by molar-refractivity contribution is 0.290. The largest absolute Gasteiger partial charge is 0.313 e. The van der Waals surface area contributed by atoms with E-state index in [0.717, 1.165) is 11.8 Å². The third-order valence-electron chi connectivity index (χ3n) is 3.58. The summed E-state index contributed by atoms with van der Waals surface area (Å²) >= 11 is 2.16. The van der Waals surface area contributed by atoms with Crippen molar-refractivity contribution in [1.29, 1.82) is 0 Å². The van der Waals surface area contributed by atoms with Crippen LogP contribution in [0.4, 0.5) is 0 Å². The number of nitrogens with one attached hydrogen (secondary N) is 1. The second kappa shape index (κ2) is 6.27. The average Bonchev–Trinajstić information content (AvgIpc) is 2.45. The molecule has 16 heavy (non-hydrogen) atoms. The van der Waals surface area contributed by atoms with Crippen LogP contribution in [0.25, 0.3) is 0 Å². The summed E-state index contributed by atoms with van der Waals surface area (Å²) in [5, 5.41) is 4.50. The molecular formula is C13H28N2S. The van der Waals surface area contributed by atoms with E-state index in [-0.39, 0.29) is 0 Å². The van der Waals surface area contributed by atoms with Gasteiger partial charge in [0.1, 0.15) is 0 Å². The molecule has 0 aromatic rings. The van der Waals surface area contributed by atoms with E-state index in [1.807, 2.05) is 0 Å². The summed E-state index contributed by atoms with van der Waals surface area (Å²) in [7, 11) is 4.31. The number of nitrogens with zero attached hydrogens (tertiary/aromatic N) is 1. The summed E-state index contributed by atoms with van der Waals surface area (Å²) in [5.74, 6) is 1.26. The highest BCUT2D eigenvalue weighted by molar-refractivity contribution is 8.00. The first-order valence-corrected chi connectivity index (χ1v) is 7.52. The standard InChI is InChI=1S/C13H28N2S/c1-6-14-12-11(7-8-13(12,2)3)16-10-9-15(4)5/h11-12,14H,6-10H2,1-5H3. The molecule has 0 bridgehead atoms. The fourth-order valence-corrected chi connectivity index (χ4v) is 4.25. The van der Waals surface area contributed by atoms with Crippen molar-refractivity contribution in [2.75, 3.05) is 32.9 Å². The maximum Gasteiger partial charge on any atom is 0.0237 e. The van der Waals surface area contributed by atoms with Crippen LogP contribution >= 0.6 is 11.8 Å². The van der Waals surface area contributed by atoms with E-state index in [4.69, 9.17) is 0 Å². The summed E-state index contributed by atoms with van der Waals surface area (Å²) in [6.07, 6.45) is 2.74. The molecule has 1 N–H and O–H groups in total. The number of hydrogen-bond acceptors (Lipinski definition) is 3. The Morgan fingerprint density at radius 2 is 2.06 bits per heavy atom. The Kier molecular flexibility index (Phi) is 5.62. The van der Waals surface area contributed by atoms with E-state index < -0.39 is 0 Å². The summed E-state index contributed by atoms with van der Waals surface area (Å²) in [6.45, 7) is 9.33. The van der Waals surface area contributed by atoms with Crippen molar-refractivity contribution < 1.29 is 0 Å². The molecule has 96 valence electrons. The van der Waals surface area contributed by atoms with Gasteiger partial charge in [0.05, 0.1) is 0 Å². The second-order valence-electron chi connectivity index (χ2n) is 5.78. The Morgan fingerprint density at radius 1 is 1.38 bits per heavy atom. The van der Waals surface area contributed by atoms with Crippen molar-refractivity contribution in [1.82, 2.24) is 10.2 Å². The van der Waals surface area contributed by atoms with Gasteiger partial charge < -0.3 is 10.2 Å². The molecule has 2 unspecified atom stereocenters. The molecule has 0 aromatic carbocycles. The first-order chi connectivity index (χ1) is 7.47. The molecule has 1 rings (SSSR count). The van der Waals surface area contributed by atoms with E-state index in [9.17, 15) is 0 Å². The smallest absolute Gasteiger partial charge is 0.0237 e. The van der Waals surface area contributed by atoms with Gasteiger partial charge in [-0.3, -0.25) is 0 Å². The van der Waals surface area contributed by atoms with E-state index in [1.165, 1.54) is 25.1 Å². The topological polar surface area (TPSA) is 15.3 Å². The minimum absolute atomic E-state index is 0.478. The molecule has 0 aliphatic heterocycles. The fourth-order valence-electron chi connectivity index (χ4n) is 2.53. The minimum Gasteiger partial charge on any atom is -0.313 e. The van der Waals surface area contributed by atoms with Crippen molar-refractivity contribution in [3.05, 3.63) is 0 Å². The lowest BCUT2D eigenvalue weighted by Gasteiger charge is -2.31. The highest BCUT2D eigenvalue weighted by Crippen LogP contribution is 2.42. The van der Waals surface area contributed by atoms with Crippen LogP contribution in [0, 0.1) is 5.41 Å². The van der Waals surface area contributed by atoms with Gasteiger partial charge in [-0.05, 0) is 38.9 Å². The zero-order valence-electron chi connectivity index (χ0n) is 11.5. The van der Waals surface area contributed by atoms with Gasteiger partial charge in [0.15, 0.2) is 0 Å². The molecule has 0 amide bonds. The molecule has 3 heteroatoms. The minimum atomic E-state index is 0.478. The second-order valence-corrected chi connectivity index (χ2v) is 7.12. The Hall–Kier alpha value is 0.270. The zero-order valence-corrected chi connectivity index (χ0v) is 12.4. The molecule has 1 fully saturated rings. The van der Waals surface area contributed by atoms with Gasteiger partial charge in [-0.15, -0.1) is 0 Å². The molecule has 1 aliphatic rings. The van der Waals surface area contributed by atoms with Gasteiger partial charge in [0.2, 0.25) is 0 Å². The third-order valence-corrected chi connectivity index (χ3v) is 4.94. The lowest BCUT2D eigenvalue weighted by atomic mass is 9.87. The molecule has 0 aromatic heterocycles. The van der Waals surface area contributed by atoms with Crippen molar-refractivity contribution in [3.8, 4) is 0 Å². The monoisotopic (exact) mass is 244 g/mol. The molecule has 0 radical (unpaired) electrons. The summed E-state index contributed by atoms with van der Waals surface area (Å²) in [4.78, 5) is 2.27. The number of hydrogen-bond donors (Lipinski definition) is 1. The molecule has 2 nitrogen and oxygen atoms in total.